The number of anilines is 1. The summed E-state index contributed by atoms with van der Waals surface area (Å²) >= 11 is 15.6. The number of hydrogen-bond acceptors (Lipinski definition) is 7. The zero-order valence-corrected chi connectivity index (χ0v) is 23.5. The topological polar surface area (TPSA) is 75.8 Å². The van der Waals surface area contributed by atoms with Gasteiger partial charge in [-0.25, -0.2) is 5.01 Å². The van der Waals surface area contributed by atoms with Gasteiger partial charge in [-0.2, -0.15) is 5.10 Å². The molecule has 6 nitrogen and oxygen atoms in total. The van der Waals surface area contributed by atoms with E-state index < -0.39 is 13.9 Å². The summed E-state index contributed by atoms with van der Waals surface area (Å²) in [5, 5.41) is 19.5. The van der Waals surface area contributed by atoms with Crippen LogP contribution in [-0.2, 0) is 13.7 Å². The van der Waals surface area contributed by atoms with Crippen molar-refractivity contribution < 1.29 is 9.72 Å². The molecular formula is C29H19Cl2N3O3S2. The smallest absolute Gasteiger partial charge is 0.269 e. The third kappa shape index (κ3) is 4.14. The number of carbonyl (C=O) groups is 1. The average molecular weight is 593 g/mol. The summed E-state index contributed by atoms with van der Waals surface area (Å²) < 4.78 is -1.59. The lowest BCUT2D eigenvalue weighted by Crippen LogP contribution is -2.34. The van der Waals surface area contributed by atoms with Gasteiger partial charge in [-0.05, 0) is 53.1 Å². The maximum absolute atomic E-state index is 12.7. The molecule has 0 fully saturated rings. The van der Waals surface area contributed by atoms with Crippen LogP contribution in [0.25, 0.3) is 0 Å². The molecule has 0 saturated heterocycles. The first-order valence-electron chi connectivity index (χ1n) is 11.9. The summed E-state index contributed by atoms with van der Waals surface area (Å²) in [4.78, 5) is 23.6. The molecule has 6 rings (SSSR count). The Morgan fingerprint density at radius 3 is 1.90 bits per heavy atom. The predicted octanol–water partition coefficient (Wildman–Crippen LogP) is 8.21. The fourth-order valence-corrected chi connectivity index (χ4v) is 8.83. The van der Waals surface area contributed by atoms with Gasteiger partial charge in [0.05, 0.1) is 15.4 Å². The third-order valence-corrected chi connectivity index (χ3v) is 10.7. The Kier molecular flexibility index (Phi) is 6.46. The minimum Gasteiger partial charge on any atom is -0.292 e. The number of non-ortho nitro benzene ring substituents is 1. The molecule has 2 heterocycles. The van der Waals surface area contributed by atoms with E-state index in [4.69, 9.17) is 28.3 Å². The third-order valence-electron chi connectivity index (χ3n) is 6.75. The number of nitro groups is 1. The van der Waals surface area contributed by atoms with E-state index in [0.717, 1.165) is 22.3 Å². The largest absolute Gasteiger partial charge is 0.292 e. The molecule has 0 aromatic heterocycles. The van der Waals surface area contributed by atoms with E-state index >= 15 is 0 Å². The van der Waals surface area contributed by atoms with Crippen LogP contribution in [0.3, 0.4) is 0 Å². The minimum atomic E-state index is -0.882. The van der Waals surface area contributed by atoms with Gasteiger partial charge in [-0.15, -0.1) is 0 Å². The van der Waals surface area contributed by atoms with Crippen molar-refractivity contribution in [2.45, 2.75) is 15.9 Å². The molecule has 39 heavy (non-hydrogen) atoms. The lowest BCUT2D eigenvalue weighted by molar-refractivity contribution is -0.384. The van der Waals surface area contributed by atoms with Crippen molar-refractivity contribution in [3.63, 3.8) is 0 Å². The monoisotopic (exact) mass is 591 g/mol. The number of halogens is 2. The van der Waals surface area contributed by atoms with Crippen LogP contribution in [0.2, 0.25) is 10.0 Å². The number of hydrazone groups is 1. The van der Waals surface area contributed by atoms with Crippen LogP contribution in [0.15, 0.2) is 102 Å². The van der Waals surface area contributed by atoms with Gasteiger partial charge in [-0.1, -0.05) is 95.3 Å². The second-order valence-corrected chi connectivity index (χ2v) is 12.8. The van der Waals surface area contributed by atoms with Crippen LogP contribution in [0.1, 0.15) is 29.2 Å². The SMILES string of the molecule is CC(=O)C1=NN(c2ccc([N+](=O)[O-])cc2)C2(S1)SC(c1ccc(Cl)cc1)(c1ccc(Cl)cc1)c1ccccc12. The zero-order chi connectivity index (χ0) is 27.4. The van der Waals surface area contributed by atoms with E-state index in [1.54, 1.807) is 23.9 Å². The molecule has 2 aliphatic heterocycles. The van der Waals surface area contributed by atoms with Gasteiger partial charge in [0.25, 0.3) is 5.69 Å². The van der Waals surface area contributed by atoms with Crippen LogP contribution >= 0.6 is 46.7 Å². The number of hydrogen-bond donors (Lipinski definition) is 0. The Hall–Kier alpha value is -3.30. The fraction of sp³-hybridized carbons (Fsp3) is 0.103. The van der Waals surface area contributed by atoms with Gasteiger partial charge in [0.1, 0.15) is 0 Å². The second kappa shape index (κ2) is 9.71. The van der Waals surface area contributed by atoms with Gasteiger partial charge in [0, 0.05) is 34.7 Å². The molecular weight excluding hydrogens is 573 g/mol. The minimum absolute atomic E-state index is 0.0217. The van der Waals surface area contributed by atoms with Crippen LogP contribution in [-0.4, -0.2) is 15.8 Å². The standard InChI is InChI=1S/C29H19Cl2N3O3S2/c1-18(35)27-32-33(23-14-16-24(17-15-23)34(36)37)29(38-27)26-5-3-2-4-25(26)28(39-29,19-6-10-21(30)11-7-19)20-8-12-22(31)13-9-20/h2-17H,1H3. The van der Waals surface area contributed by atoms with Crippen molar-refractivity contribution >= 4 is 68.9 Å². The van der Waals surface area contributed by atoms with Crippen LogP contribution < -0.4 is 5.01 Å². The molecule has 0 bridgehead atoms. The van der Waals surface area contributed by atoms with E-state index in [0.29, 0.717) is 20.8 Å². The Morgan fingerprint density at radius 1 is 0.846 bits per heavy atom. The van der Waals surface area contributed by atoms with Gasteiger partial charge < -0.3 is 0 Å². The van der Waals surface area contributed by atoms with Gasteiger partial charge >= 0.3 is 0 Å². The van der Waals surface area contributed by atoms with E-state index in [9.17, 15) is 14.9 Å². The quantitative estimate of drug-likeness (QED) is 0.172. The highest BCUT2D eigenvalue weighted by Crippen LogP contribution is 2.71. The summed E-state index contributed by atoms with van der Waals surface area (Å²) in [5.74, 6) is -0.155. The first-order valence-corrected chi connectivity index (χ1v) is 14.3. The molecule has 4 aromatic rings. The van der Waals surface area contributed by atoms with Crippen LogP contribution in [0.4, 0.5) is 11.4 Å². The summed E-state index contributed by atoms with van der Waals surface area (Å²) in [5.41, 5.74) is 4.64. The molecule has 1 spiro atoms. The predicted molar refractivity (Wildman–Crippen MR) is 160 cm³/mol. The van der Waals surface area contributed by atoms with Crippen molar-refractivity contribution in [3.8, 4) is 0 Å². The normalized spacial score (nSPS) is 19.2. The molecule has 0 N–H and O–H groups in total. The van der Waals surface area contributed by atoms with Gasteiger partial charge in [-0.3, -0.25) is 14.9 Å². The van der Waals surface area contributed by atoms with Crippen LogP contribution in [0, 0.1) is 10.1 Å². The highest BCUT2D eigenvalue weighted by atomic mass is 35.5. The first kappa shape index (κ1) is 26.0. The maximum Gasteiger partial charge on any atom is 0.269 e. The molecule has 4 aromatic carbocycles. The van der Waals surface area contributed by atoms with Crippen molar-refractivity contribution in [3.05, 3.63) is 139 Å². The Morgan fingerprint density at radius 2 is 1.38 bits per heavy atom. The second-order valence-electron chi connectivity index (χ2n) is 9.07. The number of rotatable bonds is 5. The van der Waals surface area contributed by atoms with E-state index in [1.807, 2.05) is 65.7 Å². The summed E-state index contributed by atoms with van der Waals surface area (Å²) in [6, 6.07) is 29.9. The molecule has 0 saturated carbocycles. The van der Waals surface area contributed by atoms with Crippen molar-refractivity contribution in [1.29, 1.82) is 0 Å². The van der Waals surface area contributed by atoms with E-state index in [2.05, 4.69) is 12.1 Å². The Bertz CT molecular complexity index is 1600. The average Bonchev–Trinajstić information content (AvgIpc) is 3.47. The first-order chi connectivity index (χ1) is 18.7. The highest BCUT2D eigenvalue weighted by Gasteiger charge is 2.61. The molecule has 0 amide bonds. The van der Waals surface area contributed by atoms with Crippen LogP contribution in [0.5, 0.6) is 0 Å². The molecule has 194 valence electrons. The molecule has 10 heteroatoms. The summed E-state index contributed by atoms with van der Waals surface area (Å²) in [6.07, 6.45) is 0. The lowest BCUT2D eigenvalue weighted by Gasteiger charge is -2.37. The number of thioether (sulfide) groups is 2. The maximum atomic E-state index is 12.7. The van der Waals surface area contributed by atoms with E-state index in [1.165, 1.54) is 30.8 Å². The van der Waals surface area contributed by atoms with Gasteiger partial charge in [0.2, 0.25) is 0 Å². The Balaban J connectivity index is 1.62. The molecule has 0 aliphatic carbocycles. The van der Waals surface area contributed by atoms with Crippen molar-refractivity contribution in [2.24, 2.45) is 5.10 Å². The molecule has 1 unspecified atom stereocenters. The molecule has 0 radical (unpaired) electrons. The molecule has 1 atom stereocenters. The van der Waals surface area contributed by atoms with Crippen molar-refractivity contribution in [1.82, 2.24) is 0 Å². The summed E-state index contributed by atoms with van der Waals surface area (Å²) in [6.45, 7) is 1.50. The number of nitrogens with zero attached hydrogens (tertiary/aromatic N) is 3. The number of carbonyl (C=O) groups excluding carboxylic acids is 1. The number of fused-ring (bicyclic) bond motifs is 2. The highest BCUT2D eigenvalue weighted by molar-refractivity contribution is 8.27. The zero-order valence-electron chi connectivity index (χ0n) is 20.4. The number of benzene rings is 4. The summed E-state index contributed by atoms with van der Waals surface area (Å²) in [7, 11) is 0. The number of Topliss-reactive ketones (excluding diaryl/α,β-unsaturated/α-hetero) is 1. The van der Waals surface area contributed by atoms with E-state index in [-0.39, 0.29) is 11.5 Å². The fourth-order valence-electron chi connectivity index (χ4n) is 5.02. The van der Waals surface area contributed by atoms with Crippen molar-refractivity contribution in [2.75, 3.05) is 5.01 Å². The van der Waals surface area contributed by atoms with Gasteiger partial charge in [0.15, 0.2) is 15.0 Å². The lowest BCUT2D eigenvalue weighted by atomic mass is 9.82. The number of ketones is 1. The number of nitro benzene ring substituents is 1. The Labute approximate surface area is 243 Å². The molecule has 2 aliphatic rings.